The Kier molecular flexibility index (Phi) is 10.5. The molecule has 1 amide bonds. The van der Waals surface area contributed by atoms with Gasteiger partial charge < -0.3 is 24.2 Å². The number of likely N-dealkylation sites (tertiary alicyclic amines) is 1. The summed E-state index contributed by atoms with van der Waals surface area (Å²) in [6.45, 7) is 15.4. The topological polar surface area (TPSA) is 104 Å². The van der Waals surface area contributed by atoms with Gasteiger partial charge in [-0.15, -0.1) is 10.2 Å². The van der Waals surface area contributed by atoms with Gasteiger partial charge in [-0.3, -0.25) is 14.5 Å². The highest BCUT2D eigenvalue weighted by Gasteiger charge is 2.50. The maximum absolute atomic E-state index is 14.6. The average Bonchev–Trinajstić information content (AvgIpc) is 3.37. The lowest BCUT2D eigenvalue weighted by molar-refractivity contribution is -0.120. The van der Waals surface area contributed by atoms with Crippen LogP contribution in [0.3, 0.4) is 0 Å². The van der Waals surface area contributed by atoms with Crippen molar-refractivity contribution in [2.75, 3.05) is 58.3 Å². The SMILES string of the molecule is CCN(C(=O)c1cc(F)cc(OC=O)c1Oc1nncnc1N1CCC2(C1)CN([C@@H](CCCN(C)C)C(C)C)C2)C(C)C. The lowest BCUT2D eigenvalue weighted by Crippen LogP contribution is -2.62. The normalized spacial score (nSPS) is 17.0. The smallest absolute Gasteiger partial charge is 0.298 e. The summed E-state index contributed by atoms with van der Waals surface area (Å²) < 4.78 is 25.9. The number of hydrogen-bond donors (Lipinski definition) is 0. The fraction of sp³-hybridized carbons (Fsp3) is 0.645. The monoisotopic (exact) mass is 599 g/mol. The molecule has 2 aliphatic heterocycles. The lowest BCUT2D eigenvalue weighted by atomic mass is 9.76. The highest BCUT2D eigenvalue weighted by Crippen LogP contribution is 2.45. The standard InChI is InChI=1S/C31H46FN7O4/c1-8-39(22(4)5)30(41)24-14-23(32)15-26(42-20-40)27(24)43-29-28(33-19-34-35-29)37-13-11-31(16-37)17-38(18-31)25(21(2)3)10-9-12-36(6)7/h14-15,19-22,25H,8-13,16-18H2,1-7H3/t25-/m0/s1. The zero-order chi connectivity index (χ0) is 31.3. The molecule has 2 fully saturated rings. The second kappa shape index (κ2) is 13.9. The van der Waals surface area contributed by atoms with Crippen molar-refractivity contribution in [2.45, 2.75) is 66.0 Å². The van der Waals surface area contributed by atoms with Crippen LogP contribution in [-0.2, 0) is 4.79 Å². The maximum atomic E-state index is 14.6. The van der Waals surface area contributed by atoms with E-state index in [-0.39, 0.29) is 40.9 Å². The summed E-state index contributed by atoms with van der Waals surface area (Å²) in [5.41, 5.74) is 0.0732. The van der Waals surface area contributed by atoms with Gasteiger partial charge in [-0.05, 0) is 72.7 Å². The molecule has 236 valence electrons. The van der Waals surface area contributed by atoms with Gasteiger partial charge in [0.1, 0.15) is 12.1 Å². The van der Waals surface area contributed by atoms with E-state index in [1.807, 2.05) is 20.8 Å². The minimum Gasteiger partial charge on any atom is -0.430 e. The van der Waals surface area contributed by atoms with E-state index in [1.54, 1.807) is 4.90 Å². The van der Waals surface area contributed by atoms with Gasteiger partial charge in [-0.1, -0.05) is 13.8 Å². The van der Waals surface area contributed by atoms with Crippen LogP contribution in [0.15, 0.2) is 18.5 Å². The minimum atomic E-state index is -0.734. The number of ether oxygens (including phenoxy) is 2. The van der Waals surface area contributed by atoms with Crippen LogP contribution in [0, 0.1) is 17.2 Å². The number of carbonyl (C=O) groups excluding carboxylic acids is 2. The van der Waals surface area contributed by atoms with E-state index in [0.29, 0.717) is 24.3 Å². The molecule has 2 saturated heterocycles. The predicted octanol–water partition coefficient (Wildman–Crippen LogP) is 4.09. The van der Waals surface area contributed by atoms with Gasteiger partial charge in [0.2, 0.25) is 0 Å². The number of carbonyl (C=O) groups is 2. The molecule has 2 aliphatic rings. The van der Waals surface area contributed by atoms with Gasteiger partial charge >= 0.3 is 0 Å². The molecule has 2 aromatic rings. The molecular weight excluding hydrogens is 553 g/mol. The minimum absolute atomic E-state index is 0.0588. The number of benzene rings is 1. The molecule has 1 atom stereocenters. The Labute approximate surface area is 254 Å². The highest BCUT2D eigenvalue weighted by molar-refractivity contribution is 5.98. The van der Waals surface area contributed by atoms with Gasteiger partial charge in [-0.25, -0.2) is 9.37 Å². The van der Waals surface area contributed by atoms with Crippen molar-refractivity contribution in [2.24, 2.45) is 11.3 Å². The van der Waals surface area contributed by atoms with Crippen LogP contribution in [0.25, 0.3) is 0 Å². The zero-order valence-electron chi connectivity index (χ0n) is 26.5. The third kappa shape index (κ3) is 7.41. The fourth-order valence-electron chi connectivity index (χ4n) is 6.49. The molecule has 0 bridgehead atoms. The number of halogens is 1. The molecule has 0 aliphatic carbocycles. The largest absolute Gasteiger partial charge is 0.430 e. The number of hydrogen-bond acceptors (Lipinski definition) is 10. The molecule has 0 radical (unpaired) electrons. The summed E-state index contributed by atoms with van der Waals surface area (Å²) in [6, 6.07) is 2.50. The van der Waals surface area contributed by atoms with Gasteiger partial charge in [0, 0.05) is 56.3 Å². The molecule has 1 spiro atoms. The number of aromatic nitrogens is 3. The van der Waals surface area contributed by atoms with Gasteiger partial charge in [0.05, 0.1) is 5.56 Å². The van der Waals surface area contributed by atoms with E-state index in [2.05, 4.69) is 57.8 Å². The highest BCUT2D eigenvalue weighted by atomic mass is 19.1. The summed E-state index contributed by atoms with van der Waals surface area (Å²) in [7, 11) is 4.24. The zero-order valence-corrected chi connectivity index (χ0v) is 26.5. The molecule has 11 nitrogen and oxygen atoms in total. The van der Waals surface area contributed by atoms with Crippen molar-refractivity contribution in [3.05, 3.63) is 29.8 Å². The molecular formula is C31H46FN7O4. The molecule has 12 heteroatoms. The van der Waals surface area contributed by atoms with Gasteiger partial charge in [0.25, 0.3) is 18.3 Å². The van der Waals surface area contributed by atoms with E-state index in [4.69, 9.17) is 9.47 Å². The van der Waals surface area contributed by atoms with Crippen molar-refractivity contribution >= 4 is 18.2 Å². The Balaban J connectivity index is 1.55. The van der Waals surface area contributed by atoms with Crippen LogP contribution in [0.2, 0.25) is 0 Å². The first-order chi connectivity index (χ1) is 20.5. The first-order valence-electron chi connectivity index (χ1n) is 15.2. The Morgan fingerprint density at radius 1 is 1.19 bits per heavy atom. The molecule has 1 aromatic heterocycles. The first kappa shape index (κ1) is 32.5. The summed E-state index contributed by atoms with van der Waals surface area (Å²) >= 11 is 0. The van der Waals surface area contributed by atoms with Crippen LogP contribution in [0.4, 0.5) is 10.2 Å². The van der Waals surface area contributed by atoms with Crippen LogP contribution >= 0.6 is 0 Å². The maximum Gasteiger partial charge on any atom is 0.298 e. The number of anilines is 1. The fourth-order valence-corrected chi connectivity index (χ4v) is 6.49. The Bertz CT molecular complexity index is 1270. The summed E-state index contributed by atoms with van der Waals surface area (Å²) in [5.74, 6) is -0.406. The molecule has 3 heterocycles. The van der Waals surface area contributed by atoms with Crippen LogP contribution < -0.4 is 14.4 Å². The average molecular weight is 600 g/mol. The van der Waals surface area contributed by atoms with E-state index in [1.165, 1.54) is 19.2 Å². The second-order valence-corrected chi connectivity index (χ2v) is 12.7. The third-order valence-electron chi connectivity index (χ3n) is 8.58. The van der Waals surface area contributed by atoms with Crippen molar-refractivity contribution in [3.8, 4) is 17.4 Å². The van der Waals surface area contributed by atoms with E-state index < -0.39 is 11.7 Å². The van der Waals surface area contributed by atoms with Crippen molar-refractivity contribution in [1.29, 1.82) is 0 Å². The molecule has 0 saturated carbocycles. The number of rotatable bonds is 14. The summed E-state index contributed by atoms with van der Waals surface area (Å²) in [4.78, 5) is 37.9. The van der Waals surface area contributed by atoms with Crippen molar-refractivity contribution in [3.63, 3.8) is 0 Å². The Hall–Kier alpha value is -3.38. The quantitative estimate of drug-likeness (QED) is 0.295. The lowest BCUT2D eigenvalue weighted by Gasteiger charge is -2.53. The predicted molar refractivity (Wildman–Crippen MR) is 162 cm³/mol. The van der Waals surface area contributed by atoms with E-state index >= 15 is 0 Å². The van der Waals surface area contributed by atoms with Gasteiger partial charge in [-0.2, -0.15) is 0 Å². The molecule has 1 aromatic carbocycles. The van der Waals surface area contributed by atoms with Crippen molar-refractivity contribution in [1.82, 2.24) is 29.9 Å². The molecule has 0 unspecified atom stereocenters. The second-order valence-electron chi connectivity index (χ2n) is 12.7. The first-order valence-corrected chi connectivity index (χ1v) is 15.2. The van der Waals surface area contributed by atoms with E-state index in [9.17, 15) is 14.0 Å². The van der Waals surface area contributed by atoms with Gasteiger partial charge in [0.15, 0.2) is 17.3 Å². The van der Waals surface area contributed by atoms with Crippen LogP contribution in [0.1, 0.15) is 64.2 Å². The van der Waals surface area contributed by atoms with E-state index in [0.717, 1.165) is 51.3 Å². The number of nitrogens with zero attached hydrogens (tertiary/aromatic N) is 7. The molecule has 0 N–H and O–H groups in total. The Morgan fingerprint density at radius 3 is 2.56 bits per heavy atom. The Morgan fingerprint density at radius 2 is 1.93 bits per heavy atom. The molecule has 4 rings (SSSR count). The summed E-state index contributed by atoms with van der Waals surface area (Å²) in [6.07, 6.45) is 4.72. The van der Waals surface area contributed by atoms with Crippen LogP contribution in [-0.4, -0.2) is 108 Å². The molecule has 43 heavy (non-hydrogen) atoms. The summed E-state index contributed by atoms with van der Waals surface area (Å²) in [5, 5.41) is 8.12. The third-order valence-corrected chi connectivity index (χ3v) is 8.58. The van der Waals surface area contributed by atoms with Crippen molar-refractivity contribution < 1.29 is 23.5 Å². The van der Waals surface area contributed by atoms with Crippen LogP contribution in [0.5, 0.6) is 17.4 Å². The number of amides is 1.